The first-order chi connectivity index (χ1) is 23.9. The molecule has 262 valence electrons. The maximum Gasteiger partial charge on any atom is 0.306 e. The van der Waals surface area contributed by atoms with Crippen LogP contribution in [0.3, 0.4) is 0 Å². The van der Waals surface area contributed by atoms with Crippen LogP contribution >= 0.6 is 0 Å². The van der Waals surface area contributed by atoms with E-state index in [1.807, 2.05) is 0 Å². The third kappa shape index (κ3) is 6.84. The molecule has 4 bridgehead atoms. The molecule has 3 saturated carbocycles. The molecule has 4 aliphatic carbocycles. The zero-order chi connectivity index (χ0) is 33.5. The van der Waals surface area contributed by atoms with Gasteiger partial charge in [-0.15, -0.1) is 0 Å². The minimum atomic E-state index is -0.647. The van der Waals surface area contributed by atoms with E-state index in [0.29, 0.717) is 29.9 Å². The number of hydrogen-bond acceptors (Lipinski definition) is 7. The molecule has 6 aliphatic rings. The summed E-state index contributed by atoms with van der Waals surface area (Å²) >= 11 is 0. The minimum Gasteiger partial charge on any atom is -0.481 e. The smallest absolute Gasteiger partial charge is 0.306 e. The predicted octanol–water partition coefficient (Wildman–Crippen LogP) is 7.46. The summed E-state index contributed by atoms with van der Waals surface area (Å²) in [5, 5.41) is 22.2. The molecule has 9 heteroatoms. The first-order valence-corrected chi connectivity index (χ1v) is 19.4. The van der Waals surface area contributed by atoms with Gasteiger partial charge in [0.15, 0.2) is 0 Å². The number of piperidine rings is 2. The predicted molar refractivity (Wildman–Crippen MR) is 193 cm³/mol. The van der Waals surface area contributed by atoms with Crippen molar-refractivity contribution in [2.75, 3.05) is 17.2 Å². The van der Waals surface area contributed by atoms with Crippen molar-refractivity contribution >= 4 is 17.7 Å². The van der Waals surface area contributed by atoms with Gasteiger partial charge in [-0.05, 0) is 120 Å². The van der Waals surface area contributed by atoms with Gasteiger partial charge in [-0.3, -0.25) is 14.4 Å². The number of rotatable bonds is 12. The van der Waals surface area contributed by atoms with Gasteiger partial charge in [0.05, 0.1) is 23.9 Å². The number of aryl methyl sites for hydroxylation is 2. The number of carboxylic acid groups (broad SMARTS) is 1. The first-order valence-electron chi connectivity index (χ1n) is 19.4. The summed E-state index contributed by atoms with van der Waals surface area (Å²) in [4.78, 5) is 25.1. The number of hydrogen-bond donors (Lipinski definition) is 3. The Labute approximate surface area is 291 Å². The Morgan fingerprint density at radius 2 is 1.67 bits per heavy atom. The third-order valence-corrected chi connectivity index (χ3v) is 13.1. The second kappa shape index (κ2) is 14.0. The molecule has 2 aromatic heterocycles. The molecule has 4 heterocycles. The van der Waals surface area contributed by atoms with Gasteiger partial charge in [0.1, 0.15) is 5.82 Å². The molecule has 0 radical (unpaired) electrons. The first kappa shape index (κ1) is 32.7. The van der Waals surface area contributed by atoms with Crippen molar-refractivity contribution in [3.63, 3.8) is 0 Å². The van der Waals surface area contributed by atoms with Gasteiger partial charge in [-0.25, -0.2) is 4.98 Å². The summed E-state index contributed by atoms with van der Waals surface area (Å²) in [6.07, 6.45) is 18.5. The lowest BCUT2D eigenvalue weighted by molar-refractivity contribution is -0.143. The highest BCUT2D eigenvalue weighted by atomic mass is 16.4. The fraction of sp³-hybridized carbons (Fsp3) is 0.650. The highest BCUT2D eigenvalue weighted by molar-refractivity contribution is 5.70. The van der Waals surface area contributed by atoms with E-state index in [-0.39, 0.29) is 18.0 Å². The van der Waals surface area contributed by atoms with Gasteiger partial charge >= 0.3 is 5.97 Å². The van der Waals surface area contributed by atoms with Gasteiger partial charge in [0, 0.05) is 48.5 Å². The van der Waals surface area contributed by atoms with Crippen LogP contribution in [0.1, 0.15) is 119 Å². The number of fused-ring (bicyclic) bond motifs is 1. The van der Waals surface area contributed by atoms with E-state index in [0.717, 1.165) is 87.8 Å². The van der Waals surface area contributed by atoms with Crippen molar-refractivity contribution in [2.24, 2.45) is 23.7 Å². The molecular formula is C40H55N7O2. The van der Waals surface area contributed by atoms with Crippen molar-refractivity contribution < 1.29 is 9.90 Å². The average Bonchev–Trinajstić information content (AvgIpc) is 3.61. The fourth-order valence-corrected chi connectivity index (χ4v) is 10.6. The summed E-state index contributed by atoms with van der Waals surface area (Å²) in [5.74, 6) is 3.55. The minimum absolute atomic E-state index is 0.0787. The Kier molecular flexibility index (Phi) is 9.38. The molecule has 2 saturated heterocycles. The van der Waals surface area contributed by atoms with Crippen molar-refractivity contribution in [1.29, 1.82) is 0 Å². The van der Waals surface area contributed by atoms with Crippen molar-refractivity contribution in [3.8, 4) is 0 Å². The number of aromatic nitrogens is 4. The summed E-state index contributed by atoms with van der Waals surface area (Å²) in [6.45, 7) is 6.21. The monoisotopic (exact) mass is 665 g/mol. The van der Waals surface area contributed by atoms with Gasteiger partial charge in [0.2, 0.25) is 5.95 Å². The number of nitrogens with one attached hydrogen (secondary N) is 2. The quantitative estimate of drug-likeness (QED) is 0.183. The van der Waals surface area contributed by atoms with E-state index in [1.165, 1.54) is 48.8 Å². The molecule has 0 amide bonds. The molecule has 3 aromatic rings. The molecule has 49 heavy (non-hydrogen) atoms. The Morgan fingerprint density at radius 1 is 0.939 bits per heavy atom. The third-order valence-electron chi connectivity index (χ3n) is 13.1. The van der Waals surface area contributed by atoms with Gasteiger partial charge < -0.3 is 15.7 Å². The summed E-state index contributed by atoms with van der Waals surface area (Å²) < 4.78 is 2.05. The number of aliphatic carboxylic acids is 1. The zero-order valence-corrected chi connectivity index (χ0v) is 29.4. The lowest BCUT2D eigenvalue weighted by Crippen LogP contribution is -2.59. The van der Waals surface area contributed by atoms with Gasteiger partial charge in [-0.2, -0.15) is 10.1 Å². The normalized spacial score (nSPS) is 30.4. The Balaban J connectivity index is 1.11. The van der Waals surface area contributed by atoms with Crippen molar-refractivity contribution in [2.45, 2.75) is 134 Å². The van der Waals surface area contributed by atoms with E-state index in [4.69, 9.17) is 15.1 Å². The Bertz CT molecular complexity index is 1570. The van der Waals surface area contributed by atoms with Crippen LogP contribution in [0, 0.1) is 23.7 Å². The molecule has 1 aromatic carbocycles. The molecule has 3 N–H and O–H groups in total. The van der Waals surface area contributed by atoms with Crippen LogP contribution in [0.15, 0.2) is 42.7 Å². The largest absolute Gasteiger partial charge is 0.481 e. The second-order valence-corrected chi connectivity index (χ2v) is 16.0. The van der Waals surface area contributed by atoms with Crippen LogP contribution in [0.5, 0.6) is 0 Å². The standard InChI is InChI=1S/C40H55N7O2/c1-3-35(28-10-12-29(13-11-28)39(48)49)43-40-44-36-15-14-30(27-8-6-5-7-9-27)21-34(36)38(45-40)42-37(31-22-41-46(4-2)23-31)24-47-32-17-25-16-26(19-32)20-33(47)18-25/h5-9,22-23,25-26,28-30,32-33,35,37H,3-4,10-21,24H2,1-2H3,(H,48,49)(H2,42,43,44,45)/t25?,26?,28?,29?,30-,32?,33?,35-,37+/m1/s1. The zero-order valence-electron chi connectivity index (χ0n) is 29.4. The van der Waals surface area contributed by atoms with E-state index >= 15 is 0 Å². The highest BCUT2D eigenvalue weighted by Gasteiger charge is 2.47. The van der Waals surface area contributed by atoms with E-state index in [1.54, 1.807) is 0 Å². The Morgan fingerprint density at radius 3 is 2.33 bits per heavy atom. The maximum atomic E-state index is 11.6. The molecule has 9 nitrogen and oxygen atoms in total. The lowest BCUT2D eigenvalue weighted by atomic mass is 9.63. The summed E-state index contributed by atoms with van der Waals surface area (Å²) in [7, 11) is 0. The lowest BCUT2D eigenvalue weighted by Gasteiger charge is -2.57. The molecule has 9 rings (SSSR count). The second-order valence-electron chi connectivity index (χ2n) is 16.0. The van der Waals surface area contributed by atoms with Crippen LogP contribution in [-0.4, -0.2) is 60.4 Å². The molecule has 0 spiro atoms. The molecule has 0 unspecified atom stereocenters. The molecule has 5 fully saturated rings. The van der Waals surface area contributed by atoms with Crippen molar-refractivity contribution in [1.82, 2.24) is 24.6 Å². The summed E-state index contributed by atoms with van der Waals surface area (Å²) in [6, 6.07) is 12.6. The number of anilines is 2. The number of nitrogens with zero attached hydrogens (tertiary/aromatic N) is 5. The van der Waals surface area contributed by atoms with Crippen LogP contribution in [0.25, 0.3) is 0 Å². The molecule has 2 aliphatic heterocycles. The highest BCUT2D eigenvalue weighted by Crippen LogP contribution is 2.50. The number of carboxylic acids is 1. The number of carbonyl (C=O) groups is 1. The van der Waals surface area contributed by atoms with Gasteiger partial charge in [-0.1, -0.05) is 37.3 Å². The van der Waals surface area contributed by atoms with Crippen LogP contribution in [0.2, 0.25) is 0 Å². The maximum absolute atomic E-state index is 11.6. The summed E-state index contributed by atoms with van der Waals surface area (Å²) in [5.41, 5.74) is 5.04. The van der Waals surface area contributed by atoms with E-state index < -0.39 is 5.97 Å². The molecular weight excluding hydrogens is 610 g/mol. The van der Waals surface area contributed by atoms with Gasteiger partial charge in [0.25, 0.3) is 0 Å². The van der Waals surface area contributed by atoms with Crippen LogP contribution < -0.4 is 10.6 Å². The average molecular weight is 666 g/mol. The molecule has 3 atom stereocenters. The topological polar surface area (TPSA) is 108 Å². The van der Waals surface area contributed by atoms with Crippen LogP contribution in [-0.2, 0) is 24.2 Å². The van der Waals surface area contributed by atoms with Crippen LogP contribution in [0.4, 0.5) is 11.8 Å². The van der Waals surface area contributed by atoms with E-state index in [2.05, 4.69) is 76.8 Å². The number of benzene rings is 1. The van der Waals surface area contributed by atoms with Crippen molar-refractivity contribution in [3.05, 3.63) is 65.1 Å². The van der Waals surface area contributed by atoms with E-state index in [9.17, 15) is 9.90 Å². The SMILES string of the molecule is CC[C@@H](Nc1nc2c(c(N[C@@H](CN3C4CC5CC(C4)CC3C5)c3cnn(CC)c3)n1)C[C@H](c1ccccc1)CC2)C1CCC(C(=O)O)CC1. The fourth-order valence-electron chi connectivity index (χ4n) is 10.6. The Hall–Kier alpha value is -3.46.